The highest BCUT2D eigenvalue weighted by Gasteiger charge is 2.51. The molecule has 2 aromatic heterocycles. The van der Waals surface area contributed by atoms with Crippen LogP contribution in [0.25, 0.3) is 11.4 Å². The Hall–Kier alpha value is -0.755. The first-order chi connectivity index (χ1) is 9.78. The Morgan fingerprint density at radius 2 is 1.76 bits per heavy atom. The molecule has 1 fully saturated rings. The van der Waals surface area contributed by atoms with Gasteiger partial charge in [0.05, 0.1) is 28.1 Å². The quantitative estimate of drug-likeness (QED) is 0.604. The molecule has 1 aliphatic rings. The number of pyridine rings is 1. The van der Waals surface area contributed by atoms with Crippen LogP contribution in [-0.4, -0.2) is 28.3 Å². The van der Waals surface area contributed by atoms with Crippen molar-refractivity contribution in [2.24, 2.45) is 0 Å². The minimum absolute atomic E-state index is 0.353. The molecular weight excluding hydrogens is 351 g/mol. The molecule has 1 aliphatic heterocycles. The number of nitrogens with zero attached hydrogens (tertiary/aromatic N) is 2. The normalized spacial score (nSPS) is 20.0. The molecule has 0 atom stereocenters. The summed E-state index contributed by atoms with van der Waals surface area (Å²) in [7, 11) is -0.397. The summed E-state index contributed by atoms with van der Waals surface area (Å²) in [5.41, 5.74) is 3.71. The topological polar surface area (TPSA) is 44.2 Å². The van der Waals surface area contributed by atoms with E-state index in [1.807, 2.05) is 45.2 Å². The fourth-order valence-electron chi connectivity index (χ4n) is 2.10. The van der Waals surface area contributed by atoms with Gasteiger partial charge in [-0.1, -0.05) is 0 Å². The van der Waals surface area contributed by atoms with Crippen LogP contribution in [-0.2, 0) is 9.31 Å². The van der Waals surface area contributed by atoms with Gasteiger partial charge in [0.1, 0.15) is 4.60 Å². The summed E-state index contributed by atoms with van der Waals surface area (Å²) in [5, 5.41) is 1.97. The van der Waals surface area contributed by atoms with E-state index in [9.17, 15) is 0 Å². The second kappa shape index (κ2) is 5.16. The van der Waals surface area contributed by atoms with Crippen molar-refractivity contribution >= 4 is 39.8 Å². The number of thiazole rings is 1. The maximum Gasteiger partial charge on any atom is 0.495 e. The molecular formula is C14H16BBrN2O2S. The van der Waals surface area contributed by atoms with E-state index in [0.29, 0.717) is 0 Å². The van der Waals surface area contributed by atoms with Crippen LogP contribution in [0.15, 0.2) is 27.6 Å². The van der Waals surface area contributed by atoms with E-state index in [1.54, 1.807) is 16.8 Å². The Kier molecular flexibility index (Phi) is 3.72. The zero-order chi connectivity index (χ0) is 15.3. The van der Waals surface area contributed by atoms with Crippen LogP contribution >= 0.6 is 27.3 Å². The van der Waals surface area contributed by atoms with Crippen LogP contribution in [0.5, 0.6) is 0 Å². The van der Waals surface area contributed by atoms with Gasteiger partial charge in [-0.25, -0.2) is 9.97 Å². The van der Waals surface area contributed by atoms with Crippen molar-refractivity contribution in [1.82, 2.24) is 9.97 Å². The summed E-state index contributed by atoms with van der Waals surface area (Å²) < 4.78 is 12.9. The minimum atomic E-state index is -0.397. The van der Waals surface area contributed by atoms with Gasteiger partial charge in [0.25, 0.3) is 0 Å². The Bertz CT molecular complexity index is 645. The van der Waals surface area contributed by atoms with E-state index in [2.05, 4.69) is 25.9 Å². The van der Waals surface area contributed by atoms with Gasteiger partial charge in [0, 0.05) is 5.38 Å². The zero-order valence-corrected chi connectivity index (χ0v) is 14.8. The summed E-state index contributed by atoms with van der Waals surface area (Å²) in [4.78, 5) is 8.78. The molecule has 0 aromatic carbocycles. The summed E-state index contributed by atoms with van der Waals surface area (Å²) in [6.45, 7) is 8.18. The van der Waals surface area contributed by atoms with E-state index in [4.69, 9.17) is 9.31 Å². The highest BCUT2D eigenvalue weighted by Crippen LogP contribution is 2.36. The van der Waals surface area contributed by atoms with Crippen LogP contribution < -0.4 is 5.46 Å². The molecule has 3 rings (SSSR count). The lowest BCUT2D eigenvalue weighted by Crippen LogP contribution is -2.41. The third-order valence-electron chi connectivity index (χ3n) is 4.04. The van der Waals surface area contributed by atoms with Crippen LogP contribution in [0.4, 0.5) is 0 Å². The fraction of sp³-hybridized carbons (Fsp3) is 0.429. The average molecular weight is 367 g/mol. The lowest BCUT2D eigenvalue weighted by Gasteiger charge is -2.32. The molecule has 7 heteroatoms. The summed E-state index contributed by atoms with van der Waals surface area (Å²) in [6.07, 6.45) is 0. The lowest BCUT2D eigenvalue weighted by molar-refractivity contribution is 0.00578. The van der Waals surface area contributed by atoms with Gasteiger partial charge >= 0.3 is 7.12 Å². The molecule has 0 aliphatic carbocycles. The van der Waals surface area contributed by atoms with Crippen LogP contribution in [0, 0.1) is 0 Å². The molecule has 0 bridgehead atoms. The molecule has 21 heavy (non-hydrogen) atoms. The summed E-state index contributed by atoms with van der Waals surface area (Å²) in [5.74, 6) is 0. The Morgan fingerprint density at radius 3 is 2.33 bits per heavy atom. The molecule has 4 nitrogen and oxygen atoms in total. The molecule has 1 saturated heterocycles. The first kappa shape index (κ1) is 15.2. The van der Waals surface area contributed by atoms with Crippen molar-refractivity contribution in [1.29, 1.82) is 0 Å². The molecule has 0 radical (unpaired) electrons. The van der Waals surface area contributed by atoms with E-state index in [-0.39, 0.29) is 11.2 Å². The number of rotatable bonds is 2. The number of hydrogen-bond acceptors (Lipinski definition) is 5. The van der Waals surface area contributed by atoms with Crippen molar-refractivity contribution < 1.29 is 9.31 Å². The molecule has 0 saturated carbocycles. The van der Waals surface area contributed by atoms with E-state index >= 15 is 0 Å². The van der Waals surface area contributed by atoms with Crippen LogP contribution in [0.2, 0.25) is 0 Å². The van der Waals surface area contributed by atoms with Crippen molar-refractivity contribution in [3.63, 3.8) is 0 Å². The standard InChI is InChI=1S/C14H16BBrN2O2S/c1-13(2)14(3,4)20-15(19-13)9-5-10(18-12(16)6-9)11-7-21-8-17-11/h5-8H,1-4H3. The van der Waals surface area contributed by atoms with Gasteiger partial charge in [-0.3, -0.25) is 0 Å². The maximum absolute atomic E-state index is 6.09. The zero-order valence-electron chi connectivity index (χ0n) is 12.4. The Morgan fingerprint density at radius 1 is 1.10 bits per heavy atom. The largest absolute Gasteiger partial charge is 0.495 e. The Balaban J connectivity index is 1.97. The SMILES string of the molecule is CC1(C)OB(c2cc(Br)nc(-c3cscn3)c2)OC1(C)C. The van der Waals surface area contributed by atoms with E-state index < -0.39 is 7.12 Å². The number of hydrogen-bond donors (Lipinski definition) is 0. The highest BCUT2D eigenvalue weighted by molar-refractivity contribution is 9.10. The number of aromatic nitrogens is 2. The first-order valence-corrected chi connectivity index (χ1v) is 8.44. The van der Waals surface area contributed by atoms with Crippen molar-refractivity contribution in [3.8, 4) is 11.4 Å². The lowest BCUT2D eigenvalue weighted by atomic mass is 9.79. The second-order valence-corrected chi connectivity index (χ2v) is 7.60. The average Bonchev–Trinajstić information content (AvgIpc) is 2.96. The van der Waals surface area contributed by atoms with Gasteiger partial charge in [-0.05, 0) is 61.2 Å². The van der Waals surface area contributed by atoms with Crippen LogP contribution in [0.1, 0.15) is 27.7 Å². The van der Waals surface area contributed by atoms with Crippen LogP contribution in [0.3, 0.4) is 0 Å². The summed E-state index contributed by atoms with van der Waals surface area (Å²) >= 11 is 5.01. The summed E-state index contributed by atoms with van der Waals surface area (Å²) in [6, 6.07) is 3.90. The smallest absolute Gasteiger partial charge is 0.399 e. The first-order valence-electron chi connectivity index (χ1n) is 6.70. The Labute approximate surface area is 137 Å². The molecule has 2 aromatic rings. The molecule has 0 unspecified atom stereocenters. The molecule has 0 amide bonds. The molecule has 3 heterocycles. The maximum atomic E-state index is 6.09. The molecule has 0 N–H and O–H groups in total. The fourth-order valence-corrected chi connectivity index (χ4v) is 3.10. The van der Waals surface area contributed by atoms with Gasteiger partial charge < -0.3 is 9.31 Å². The predicted molar refractivity (Wildman–Crippen MR) is 88.8 cm³/mol. The minimum Gasteiger partial charge on any atom is -0.399 e. The molecule has 0 spiro atoms. The van der Waals surface area contributed by atoms with Crippen molar-refractivity contribution in [3.05, 3.63) is 27.6 Å². The highest BCUT2D eigenvalue weighted by atomic mass is 79.9. The van der Waals surface area contributed by atoms with Crippen molar-refractivity contribution in [2.75, 3.05) is 0 Å². The monoisotopic (exact) mass is 366 g/mol. The van der Waals surface area contributed by atoms with Gasteiger partial charge in [-0.15, -0.1) is 11.3 Å². The third-order valence-corrected chi connectivity index (χ3v) is 5.03. The van der Waals surface area contributed by atoms with Gasteiger partial charge in [-0.2, -0.15) is 0 Å². The van der Waals surface area contributed by atoms with Crippen molar-refractivity contribution in [2.45, 2.75) is 38.9 Å². The van der Waals surface area contributed by atoms with Gasteiger partial charge in [0.15, 0.2) is 0 Å². The predicted octanol–water partition coefficient (Wildman–Crippen LogP) is 3.27. The second-order valence-electron chi connectivity index (χ2n) is 6.07. The van der Waals surface area contributed by atoms with E-state index in [0.717, 1.165) is 21.5 Å². The number of halogens is 1. The molecule has 110 valence electrons. The van der Waals surface area contributed by atoms with E-state index in [1.165, 1.54) is 0 Å². The third kappa shape index (κ3) is 2.80. The van der Waals surface area contributed by atoms with Gasteiger partial charge in [0.2, 0.25) is 0 Å².